The molecule has 0 saturated carbocycles. The number of nitrogens with zero attached hydrogens (tertiary/aromatic N) is 2. The number of rotatable bonds is 3. The highest BCUT2D eigenvalue weighted by Crippen LogP contribution is 2.28. The molecule has 1 atom stereocenters. The fraction of sp³-hybridized carbons (Fsp3) is 0.381. The second-order valence-corrected chi connectivity index (χ2v) is 8.26. The zero-order valence-corrected chi connectivity index (χ0v) is 16.0. The Bertz CT molecular complexity index is 1050. The zero-order chi connectivity index (χ0) is 19.3. The van der Waals surface area contributed by atoms with E-state index in [1.165, 1.54) is 0 Å². The second-order valence-electron chi connectivity index (χ2n) is 8.26. The minimum Gasteiger partial charge on any atom is -0.361 e. The third kappa shape index (κ3) is 3.05. The molecule has 1 aliphatic rings. The van der Waals surface area contributed by atoms with E-state index in [1.807, 2.05) is 55.7 Å². The quantitative estimate of drug-likeness (QED) is 0.719. The molecule has 1 amide bonds. The van der Waals surface area contributed by atoms with Gasteiger partial charge in [0.05, 0.1) is 12.1 Å². The molecule has 0 spiro atoms. The van der Waals surface area contributed by atoms with Crippen LogP contribution in [0.3, 0.4) is 0 Å². The lowest BCUT2D eigenvalue weighted by atomic mass is 9.93. The first-order chi connectivity index (χ1) is 12.7. The second kappa shape index (κ2) is 6.08. The van der Waals surface area contributed by atoms with Gasteiger partial charge < -0.3 is 14.4 Å². The largest absolute Gasteiger partial charge is 0.361 e. The van der Waals surface area contributed by atoms with E-state index in [9.17, 15) is 9.59 Å². The minimum atomic E-state index is -0.144. The van der Waals surface area contributed by atoms with Crippen LogP contribution in [-0.4, -0.2) is 28.0 Å². The first-order valence-electron chi connectivity index (χ1n) is 9.16. The summed E-state index contributed by atoms with van der Waals surface area (Å²) in [5.74, 6) is 0.671. The van der Waals surface area contributed by atoms with Crippen LogP contribution in [0.5, 0.6) is 0 Å². The molecule has 1 aromatic carbocycles. The van der Waals surface area contributed by atoms with Crippen LogP contribution in [-0.2, 0) is 11.8 Å². The van der Waals surface area contributed by atoms with E-state index in [2.05, 4.69) is 17.4 Å². The molecule has 3 aromatic rings. The maximum absolute atomic E-state index is 12.8. The van der Waals surface area contributed by atoms with Crippen molar-refractivity contribution in [3.8, 4) is 0 Å². The molecule has 2 aromatic heterocycles. The first kappa shape index (κ1) is 17.5. The number of ketones is 1. The molecule has 140 valence electrons. The van der Waals surface area contributed by atoms with Gasteiger partial charge >= 0.3 is 0 Å². The molecule has 1 N–H and O–H groups in total. The van der Waals surface area contributed by atoms with Gasteiger partial charge in [-0.1, -0.05) is 38.1 Å². The summed E-state index contributed by atoms with van der Waals surface area (Å²) in [6.45, 7) is 8.77. The van der Waals surface area contributed by atoms with E-state index in [1.54, 1.807) is 0 Å². The van der Waals surface area contributed by atoms with Crippen LogP contribution in [0.25, 0.3) is 10.9 Å². The van der Waals surface area contributed by atoms with Crippen LogP contribution in [0, 0.1) is 0 Å². The number of aromatic nitrogens is 2. The van der Waals surface area contributed by atoms with Crippen molar-refractivity contribution in [2.75, 3.05) is 6.54 Å². The summed E-state index contributed by atoms with van der Waals surface area (Å²) in [7, 11) is 0. The summed E-state index contributed by atoms with van der Waals surface area (Å²) >= 11 is 0. The molecule has 27 heavy (non-hydrogen) atoms. The van der Waals surface area contributed by atoms with Gasteiger partial charge in [0.1, 0.15) is 11.5 Å². The lowest BCUT2D eigenvalue weighted by Gasteiger charge is -2.24. The molecule has 0 bridgehead atoms. The van der Waals surface area contributed by atoms with Crippen molar-refractivity contribution in [1.29, 1.82) is 0 Å². The Hall–Kier alpha value is -2.89. The van der Waals surface area contributed by atoms with E-state index in [0.717, 1.165) is 16.7 Å². The molecule has 1 aliphatic heterocycles. The molecule has 6 heteroatoms. The van der Waals surface area contributed by atoms with Crippen molar-refractivity contribution in [3.63, 3.8) is 0 Å². The van der Waals surface area contributed by atoms with Crippen LogP contribution in [0.2, 0.25) is 0 Å². The smallest absolute Gasteiger partial charge is 0.268 e. The van der Waals surface area contributed by atoms with E-state index in [0.29, 0.717) is 23.5 Å². The summed E-state index contributed by atoms with van der Waals surface area (Å²) < 4.78 is 7.39. The predicted octanol–water partition coefficient (Wildman–Crippen LogP) is 3.66. The third-order valence-corrected chi connectivity index (χ3v) is 5.03. The molecule has 0 saturated heterocycles. The highest BCUT2D eigenvalue weighted by Gasteiger charge is 2.25. The highest BCUT2D eigenvalue weighted by atomic mass is 16.5. The van der Waals surface area contributed by atoms with E-state index in [4.69, 9.17) is 4.52 Å². The highest BCUT2D eigenvalue weighted by molar-refractivity contribution is 6.03. The molecule has 6 nitrogen and oxygen atoms in total. The molecule has 3 heterocycles. The van der Waals surface area contributed by atoms with Gasteiger partial charge in [-0.25, -0.2) is 0 Å². The van der Waals surface area contributed by atoms with Crippen molar-refractivity contribution in [2.45, 2.75) is 45.6 Å². The molecule has 1 unspecified atom stereocenters. The number of carbonyl (C=O) groups is 2. The molecular formula is C21H23N3O3. The lowest BCUT2D eigenvalue weighted by Crippen LogP contribution is -2.37. The van der Waals surface area contributed by atoms with Gasteiger partial charge in [-0.2, -0.15) is 0 Å². The van der Waals surface area contributed by atoms with Gasteiger partial charge in [-0.05, 0) is 19.1 Å². The van der Waals surface area contributed by atoms with Crippen molar-refractivity contribution >= 4 is 22.6 Å². The fourth-order valence-electron chi connectivity index (χ4n) is 3.48. The zero-order valence-electron chi connectivity index (χ0n) is 16.0. The Morgan fingerprint density at radius 2 is 2.07 bits per heavy atom. The number of Topliss-reactive ketones (excluding diaryl/α,β-unsaturated/α-hetero) is 1. The summed E-state index contributed by atoms with van der Waals surface area (Å²) in [5, 5.41) is 7.89. The van der Waals surface area contributed by atoms with Gasteiger partial charge in [-0.3, -0.25) is 9.59 Å². The molecule has 0 fully saturated rings. The number of benzene rings is 1. The van der Waals surface area contributed by atoms with E-state index < -0.39 is 0 Å². The Kier molecular flexibility index (Phi) is 3.94. The van der Waals surface area contributed by atoms with Crippen LogP contribution in [0.15, 0.2) is 34.9 Å². The Balaban J connectivity index is 1.66. The minimum absolute atomic E-state index is 0.0193. The standard InChI is InChI=1S/C21H23N3O3/c1-12-11-22-20(26)17-7-13-5-6-14(8-16(13)24(12)17)18(25)9-15-10-19(27-23-15)21(2,3)4/h5-8,10,12H,9,11H2,1-4H3,(H,22,26). The average Bonchev–Trinajstić information content (AvgIpc) is 3.22. The van der Waals surface area contributed by atoms with Crippen molar-refractivity contribution in [3.05, 3.63) is 53.0 Å². The molecular weight excluding hydrogens is 342 g/mol. The Labute approximate surface area is 157 Å². The maximum atomic E-state index is 12.8. The van der Waals surface area contributed by atoms with Crippen molar-refractivity contribution < 1.29 is 14.1 Å². The van der Waals surface area contributed by atoms with Gasteiger partial charge in [0.2, 0.25) is 0 Å². The average molecular weight is 365 g/mol. The predicted molar refractivity (Wildman–Crippen MR) is 102 cm³/mol. The summed E-state index contributed by atoms with van der Waals surface area (Å²) in [4.78, 5) is 24.9. The van der Waals surface area contributed by atoms with Crippen LogP contribution in [0.1, 0.15) is 66.0 Å². The van der Waals surface area contributed by atoms with Crippen molar-refractivity contribution in [2.24, 2.45) is 0 Å². The summed E-state index contributed by atoms with van der Waals surface area (Å²) in [6, 6.07) is 9.46. The first-order valence-corrected chi connectivity index (χ1v) is 9.16. The van der Waals surface area contributed by atoms with E-state index in [-0.39, 0.29) is 29.6 Å². The van der Waals surface area contributed by atoms with Crippen LogP contribution < -0.4 is 5.32 Å². The van der Waals surface area contributed by atoms with Crippen molar-refractivity contribution in [1.82, 2.24) is 15.0 Å². The van der Waals surface area contributed by atoms with Gasteiger partial charge in [0.25, 0.3) is 5.91 Å². The fourth-order valence-corrected chi connectivity index (χ4v) is 3.48. The van der Waals surface area contributed by atoms with Gasteiger partial charge in [-0.15, -0.1) is 0 Å². The number of nitrogens with one attached hydrogen (secondary N) is 1. The Morgan fingerprint density at radius 1 is 1.30 bits per heavy atom. The normalized spacial score (nSPS) is 17.0. The van der Waals surface area contributed by atoms with Gasteiger partial charge in [0, 0.05) is 40.5 Å². The summed E-state index contributed by atoms with van der Waals surface area (Å²) in [5.41, 5.74) is 2.65. The Morgan fingerprint density at radius 3 is 2.78 bits per heavy atom. The number of fused-ring (bicyclic) bond motifs is 3. The number of hydrogen-bond acceptors (Lipinski definition) is 4. The number of amides is 1. The summed E-state index contributed by atoms with van der Waals surface area (Å²) in [6.07, 6.45) is 0.189. The number of hydrogen-bond donors (Lipinski definition) is 1. The topological polar surface area (TPSA) is 77.1 Å². The molecule has 0 radical (unpaired) electrons. The van der Waals surface area contributed by atoms with Crippen LogP contribution in [0.4, 0.5) is 0 Å². The molecule has 4 rings (SSSR count). The van der Waals surface area contributed by atoms with E-state index >= 15 is 0 Å². The monoisotopic (exact) mass is 365 g/mol. The third-order valence-electron chi connectivity index (χ3n) is 5.03. The van der Waals surface area contributed by atoms with Gasteiger partial charge in [0.15, 0.2) is 5.78 Å². The lowest BCUT2D eigenvalue weighted by molar-refractivity contribution is 0.0918. The van der Waals surface area contributed by atoms with Crippen LogP contribution >= 0.6 is 0 Å². The molecule has 0 aliphatic carbocycles. The SMILES string of the molecule is CC1CNC(=O)c2cc3ccc(C(=O)Cc4cc(C(C)(C)C)on4)cc3n21. The maximum Gasteiger partial charge on any atom is 0.268 e. The number of carbonyl (C=O) groups excluding carboxylic acids is 2.